The van der Waals surface area contributed by atoms with E-state index in [4.69, 9.17) is 9.72 Å². The Balaban J connectivity index is 1.87. The molecular weight excluding hydrogens is 434 g/mol. The predicted molar refractivity (Wildman–Crippen MR) is 128 cm³/mol. The number of aromatic nitrogens is 5. The third kappa shape index (κ3) is 3.33. The minimum Gasteiger partial charge on any atom is -0.465 e. The molecule has 5 rings (SSSR count). The molecule has 0 fully saturated rings. The Kier molecular flexibility index (Phi) is 5.16. The van der Waals surface area contributed by atoms with Gasteiger partial charge in [-0.1, -0.05) is 42.5 Å². The summed E-state index contributed by atoms with van der Waals surface area (Å²) in [5, 5.41) is 0. The highest BCUT2D eigenvalue weighted by molar-refractivity contribution is 5.80. The summed E-state index contributed by atoms with van der Waals surface area (Å²) in [6.45, 7) is 3.37. The van der Waals surface area contributed by atoms with Gasteiger partial charge in [0.2, 0.25) is 5.78 Å². The molecule has 0 bridgehead atoms. The van der Waals surface area contributed by atoms with E-state index in [1.54, 1.807) is 11.3 Å². The van der Waals surface area contributed by atoms with Crippen LogP contribution >= 0.6 is 0 Å². The van der Waals surface area contributed by atoms with Crippen LogP contribution in [0.15, 0.2) is 70.4 Å². The molecule has 5 aromatic rings. The van der Waals surface area contributed by atoms with Crippen LogP contribution in [0.2, 0.25) is 0 Å². The lowest BCUT2D eigenvalue weighted by Gasteiger charge is -2.10. The standard InChI is InChI=1S/C25H23N5O4/c1-4-34-20(31)15-29-23(32)21-22(27(3)25(29)33)26-24-28(21)14-19(17-10-6-5-7-11-17)30(24)18-12-8-9-16(2)13-18/h5-14H,4,15H2,1-3H3. The summed E-state index contributed by atoms with van der Waals surface area (Å²) in [4.78, 5) is 43.1. The van der Waals surface area contributed by atoms with Crippen molar-refractivity contribution in [2.75, 3.05) is 6.61 Å². The van der Waals surface area contributed by atoms with Crippen molar-refractivity contribution in [1.29, 1.82) is 0 Å². The van der Waals surface area contributed by atoms with E-state index in [-0.39, 0.29) is 17.8 Å². The number of carbonyl (C=O) groups is 1. The number of benzene rings is 2. The maximum absolute atomic E-state index is 13.4. The fraction of sp³-hybridized carbons (Fsp3) is 0.200. The van der Waals surface area contributed by atoms with Crippen LogP contribution in [0.1, 0.15) is 12.5 Å². The lowest BCUT2D eigenvalue weighted by molar-refractivity contribution is -0.143. The van der Waals surface area contributed by atoms with Gasteiger partial charge in [0.05, 0.1) is 12.3 Å². The first-order valence-corrected chi connectivity index (χ1v) is 10.9. The van der Waals surface area contributed by atoms with Gasteiger partial charge in [-0.05, 0) is 31.5 Å². The molecule has 3 heterocycles. The second-order valence-corrected chi connectivity index (χ2v) is 8.05. The molecule has 3 aromatic heterocycles. The number of esters is 1. The third-order valence-corrected chi connectivity index (χ3v) is 5.77. The van der Waals surface area contributed by atoms with Crippen LogP contribution in [-0.4, -0.2) is 35.7 Å². The molecule has 0 unspecified atom stereocenters. The molecule has 0 aliphatic carbocycles. The Bertz CT molecular complexity index is 1670. The summed E-state index contributed by atoms with van der Waals surface area (Å²) in [6.07, 6.45) is 1.84. The van der Waals surface area contributed by atoms with Gasteiger partial charge in [0.15, 0.2) is 11.2 Å². The molecule has 0 aliphatic rings. The number of carbonyl (C=O) groups excluding carboxylic acids is 1. The highest BCUT2D eigenvalue weighted by atomic mass is 16.5. The van der Waals surface area contributed by atoms with E-state index in [1.807, 2.05) is 72.3 Å². The average Bonchev–Trinajstić information content (AvgIpc) is 3.38. The van der Waals surface area contributed by atoms with E-state index in [2.05, 4.69) is 0 Å². The van der Waals surface area contributed by atoms with Crippen LogP contribution in [0.25, 0.3) is 33.9 Å². The molecule has 9 nitrogen and oxygen atoms in total. The van der Waals surface area contributed by atoms with Gasteiger partial charge in [0.1, 0.15) is 6.54 Å². The van der Waals surface area contributed by atoms with Crippen LogP contribution in [0, 0.1) is 6.92 Å². The number of imidazole rings is 2. The lowest BCUT2D eigenvalue weighted by atomic mass is 10.1. The van der Waals surface area contributed by atoms with Crippen LogP contribution in [0.5, 0.6) is 0 Å². The first-order valence-electron chi connectivity index (χ1n) is 10.9. The Morgan fingerprint density at radius 2 is 1.82 bits per heavy atom. The smallest absolute Gasteiger partial charge is 0.333 e. The number of ether oxygens (including phenoxy) is 1. The molecule has 0 atom stereocenters. The summed E-state index contributed by atoms with van der Waals surface area (Å²) in [5.74, 6) is -0.162. The predicted octanol–water partition coefficient (Wildman–Crippen LogP) is 2.68. The molecule has 34 heavy (non-hydrogen) atoms. The first kappa shape index (κ1) is 21.4. The molecule has 0 radical (unpaired) electrons. The maximum Gasteiger partial charge on any atom is 0.333 e. The molecule has 172 valence electrons. The zero-order valence-electron chi connectivity index (χ0n) is 19.1. The normalized spacial score (nSPS) is 11.4. The molecule has 0 amide bonds. The number of hydrogen-bond acceptors (Lipinski definition) is 5. The molecule has 0 spiro atoms. The molecule has 2 aromatic carbocycles. The topological polar surface area (TPSA) is 92.5 Å². The number of nitrogens with zero attached hydrogens (tertiary/aromatic N) is 5. The quantitative estimate of drug-likeness (QED) is 0.379. The second-order valence-electron chi connectivity index (χ2n) is 8.05. The minimum atomic E-state index is -0.649. The van der Waals surface area contributed by atoms with E-state index in [0.29, 0.717) is 5.78 Å². The Hall–Kier alpha value is -4.40. The molecule has 0 N–H and O–H groups in total. The van der Waals surface area contributed by atoms with Crippen molar-refractivity contribution in [2.24, 2.45) is 7.05 Å². The Labute approximate surface area is 194 Å². The van der Waals surface area contributed by atoms with Gasteiger partial charge in [-0.2, -0.15) is 4.98 Å². The fourth-order valence-electron chi connectivity index (χ4n) is 4.21. The number of hydrogen-bond donors (Lipinski definition) is 0. The Morgan fingerprint density at radius 3 is 2.53 bits per heavy atom. The summed E-state index contributed by atoms with van der Waals surface area (Å²) in [5.41, 5.74) is 2.96. The number of rotatable bonds is 5. The van der Waals surface area contributed by atoms with Gasteiger partial charge in [0, 0.05) is 24.5 Å². The molecular formula is C25H23N5O4. The first-order chi connectivity index (χ1) is 16.4. The zero-order chi connectivity index (χ0) is 24.0. The largest absolute Gasteiger partial charge is 0.465 e. The average molecular weight is 457 g/mol. The van der Waals surface area contributed by atoms with Gasteiger partial charge in [-0.3, -0.25) is 23.1 Å². The highest BCUT2D eigenvalue weighted by Gasteiger charge is 2.23. The molecule has 9 heteroatoms. The van der Waals surface area contributed by atoms with Crippen molar-refractivity contribution in [3.63, 3.8) is 0 Å². The molecule has 0 aliphatic heterocycles. The fourth-order valence-corrected chi connectivity index (χ4v) is 4.21. The zero-order valence-corrected chi connectivity index (χ0v) is 19.1. The highest BCUT2D eigenvalue weighted by Crippen LogP contribution is 2.29. The van der Waals surface area contributed by atoms with Crippen molar-refractivity contribution in [1.82, 2.24) is 23.1 Å². The van der Waals surface area contributed by atoms with Crippen molar-refractivity contribution in [3.8, 4) is 16.9 Å². The summed E-state index contributed by atoms with van der Waals surface area (Å²) in [6, 6.07) is 17.8. The molecule has 0 saturated heterocycles. The van der Waals surface area contributed by atoms with E-state index >= 15 is 0 Å². The summed E-state index contributed by atoms with van der Waals surface area (Å²) < 4.78 is 10.8. The van der Waals surface area contributed by atoms with Crippen molar-refractivity contribution < 1.29 is 9.53 Å². The monoisotopic (exact) mass is 457 g/mol. The van der Waals surface area contributed by atoms with Crippen LogP contribution in [-0.2, 0) is 23.1 Å². The van der Waals surface area contributed by atoms with E-state index in [1.165, 1.54) is 11.6 Å². The van der Waals surface area contributed by atoms with Gasteiger partial charge in [-0.25, -0.2) is 9.36 Å². The van der Waals surface area contributed by atoms with Gasteiger partial charge >= 0.3 is 11.7 Å². The number of aryl methyl sites for hydroxylation is 2. The Morgan fingerprint density at radius 1 is 1.06 bits per heavy atom. The van der Waals surface area contributed by atoms with Crippen LogP contribution in [0.4, 0.5) is 0 Å². The summed E-state index contributed by atoms with van der Waals surface area (Å²) >= 11 is 0. The SMILES string of the molecule is CCOC(=O)Cn1c(=O)c2c(nc3n(-c4cccc(C)c4)c(-c4ccccc4)cn23)n(C)c1=O. The van der Waals surface area contributed by atoms with Gasteiger partial charge in [0.25, 0.3) is 5.56 Å². The van der Waals surface area contributed by atoms with E-state index in [0.717, 1.165) is 27.1 Å². The van der Waals surface area contributed by atoms with Crippen LogP contribution < -0.4 is 11.2 Å². The molecule has 0 saturated carbocycles. The number of fused-ring (bicyclic) bond motifs is 3. The van der Waals surface area contributed by atoms with Crippen molar-refractivity contribution >= 4 is 22.9 Å². The maximum atomic E-state index is 13.4. The minimum absolute atomic E-state index is 0.160. The van der Waals surface area contributed by atoms with Crippen molar-refractivity contribution in [3.05, 3.63) is 87.2 Å². The van der Waals surface area contributed by atoms with E-state index < -0.39 is 23.8 Å². The van der Waals surface area contributed by atoms with E-state index in [9.17, 15) is 14.4 Å². The van der Waals surface area contributed by atoms with Gasteiger partial charge < -0.3 is 4.74 Å². The summed E-state index contributed by atoms with van der Waals surface area (Å²) in [7, 11) is 1.54. The lowest BCUT2D eigenvalue weighted by Crippen LogP contribution is -2.41. The van der Waals surface area contributed by atoms with Crippen molar-refractivity contribution in [2.45, 2.75) is 20.4 Å². The van der Waals surface area contributed by atoms with Crippen LogP contribution in [0.3, 0.4) is 0 Å². The van der Waals surface area contributed by atoms with Gasteiger partial charge in [-0.15, -0.1) is 0 Å². The second kappa shape index (κ2) is 8.18. The third-order valence-electron chi connectivity index (χ3n) is 5.77.